The van der Waals surface area contributed by atoms with Crippen molar-refractivity contribution in [2.24, 2.45) is 5.92 Å². The molecule has 1 aromatic carbocycles. The number of hydrogen-bond acceptors (Lipinski definition) is 6. The maximum atomic E-state index is 12.2. The van der Waals surface area contributed by atoms with Crippen LogP contribution in [0.2, 0.25) is 0 Å². The van der Waals surface area contributed by atoms with Crippen LogP contribution >= 0.6 is 0 Å². The van der Waals surface area contributed by atoms with E-state index in [4.69, 9.17) is 19.2 Å². The molecule has 1 atom stereocenters. The van der Waals surface area contributed by atoms with Crippen molar-refractivity contribution in [3.63, 3.8) is 0 Å². The quantitative estimate of drug-likeness (QED) is 0.225. The zero-order valence-corrected chi connectivity index (χ0v) is 21.0. The normalized spacial score (nSPS) is 16.1. The summed E-state index contributed by atoms with van der Waals surface area (Å²) < 4.78 is 16.5. The van der Waals surface area contributed by atoms with Gasteiger partial charge >= 0.3 is 5.97 Å². The summed E-state index contributed by atoms with van der Waals surface area (Å²) in [6, 6.07) is 10.1. The van der Waals surface area contributed by atoms with Crippen molar-refractivity contribution in [1.29, 1.82) is 0 Å². The number of ether oxygens (including phenoxy) is 3. The van der Waals surface area contributed by atoms with Crippen LogP contribution in [0, 0.1) is 5.92 Å². The number of pyridine rings is 1. The minimum absolute atomic E-state index is 0.297. The molecule has 1 fully saturated rings. The van der Waals surface area contributed by atoms with Crippen LogP contribution < -0.4 is 9.64 Å². The summed E-state index contributed by atoms with van der Waals surface area (Å²) in [5, 5.41) is 0. The monoisotopic (exact) mass is 466 g/mol. The van der Waals surface area contributed by atoms with E-state index in [0.717, 1.165) is 67.2 Å². The maximum Gasteiger partial charge on any atom is 0.333 e. The molecule has 0 amide bonds. The Labute approximate surface area is 203 Å². The van der Waals surface area contributed by atoms with Crippen molar-refractivity contribution in [1.82, 2.24) is 4.98 Å². The molecule has 34 heavy (non-hydrogen) atoms. The number of aromatic nitrogens is 1. The molecule has 1 saturated heterocycles. The molecule has 0 spiro atoms. The van der Waals surface area contributed by atoms with Gasteiger partial charge in [-0.2, -0.15) is 0 Å². The van der Waals surface area contributed by atoms with Crippen molar-refractivity contribution in [2.45, 2.75) is 47.0 Å². The van der Waals surface area contributed by atoms with Gasteiger partial charge in [0, 0.05) is 42.6 Å². The zero-order valence-electron chi connectivity index (χ0n) is 21.0. The number of hydrogen-bond donors (Lipinski definition) is 0. The number of rotatable bonds is 12. The summed E-state index contributed by atoms with van der Waals surface area (Å²) in [4.78, 5) is 19.4. The van der Waals surface area contributed by atoms with Gasteiger partial charge in [-0.05, 0) is 62.4 Å². The van der Waals surface area contributed by atoms with E-state index < -0.39 is 0 Å². The van der Waals surface area contributed by atoms with E-state index in [9.17, 15) is 4.79 Å². The van der Waals surface area contributed by atoms with Gasteiger partial charge in [-0.1, -0.05) is 32.4 Å². The molecule has 2 heterocycles. The minimum atomic E-state index is -0.297. The second kappa shape index (κ2) is 13.1. The molecular formula is C28H38N2O4. The third kappa shape index (κ3) is 7.32. The molecule has 0 bridgehead atoms. The summed E-state index contributed by atoms with van der Waals surface area (Å²) in [6.45, 7) is 12.2. The van der Waals surface area contributed by atoms with Crippen LogP contribution in [0.3, 0.4) is 0 Å². The molecule has 0 saturated carbocycles. The van der Waals surface area contributed by atoms with Gasteiger partial charge in [0.05, 0.1) is 13.2 Å². The summed E-state index contributed by atoms with van der Waals surface area (Å²) in [5.74, 6) is 2.07. The average Bonchev–Trinajstić information content (AvgIpc) is 3.27. The molecule has 2 aromatic rings. The second-order valence-corrected chi connectivity index (χ2v) is 8.86. The van der Waals surface area contributed by atoms with Gasteiger partial charge in [0.15, 0.2) is 0 Å². The van der Waals surface area contributed by atoms with Crippen LogP contribution in [0.25, 0.3) is 17.2 Å². The lowest BCUT2D eigenvalue weighted by atomic mass is 10.0. The fourth-order valence-corrected chi connectivity index (χ4v) is 3.98. The smallest absolute Gasteiger partial charge is 0.333 e. The van der Waals surface area contributed by atoms with Crippen LogP contribution in [-0.4, -0.2) is 50.5 Å². The Kier molecular flexibility index (Phi) is 9.95. The van der Waals surface area contributed by atoms with Crippen molar-refractivity contribution >= 4 is 17.9 Å². The van der Waals surface area contributed by atoms with E-state index in [1.54, 1.807) is 6.92 Å². The number of nitrogens with zero attached hydrogens (tertiary/aromatic N) is 2. The number of anilines is 1. The molecule has 1 aromatic heterocycles. The molecule has 0 radical (unpaired) electrons. The molecular weight excluding hydrogens is 428 g/mol. The molecule has 1 unspecified atom stereocenters. The van der Waals surface area contributed by atoms with Crippen LogP contribution in [0.4, 0.5) is 5.82 Å². The van der Waals surface area contributed by atoms with Gasteiger partial charge in [0.2, 0.25) is 0 Å². The average molecular weight is 467 g/mol. The van der Waals surface area contributed by atoms with Crippen molar-refractivity contribution in [3.05, 3.63) is 47.7 Å². The third-order valence-corrected chi connectivity index (χ3v) is 5.91. The van der Waals surface area contributed by atoms with Gasteiger partial charge in [-0.15, -0.1) is 0 Å². The number of unbranched alkanes of at least 4 members (excludes halogenated alkanes) is 1. The number of carbonyl (C=O) groups is 1. The van der Waals surface area contributed by atoms with E-state index >= 15 is 0 Å². The number of carbonyl (C=O) groups excluding carboxylic acids is 1. The Morgan fingerprint density at radius 1 is 1.15 bits per heavy atom. The predicted molar refractivity (Wildman–Crippen MR) is 137 cm³/mol. The molecule has 3 rings (SSSR count). The standard InChI is InChI=1S/C28H38N2O4/c1-5-7-14-32-15-16-34-26-10-8-23(9-11-26)25-18-24(17-22(4)28(31)33-6-2)27(29-19-25)30-13-12-21(3)20-30/h8-11,17-19,21H,5-7,12-16,20H2,1-4H3. The lowest BCUT2D eigenvalue weighted by molar-refractivity contribution is -0.138. The molecule has 6 heteroatoms. The Hall–Kier alpha value is -2.86. The first-order chi connectivity index (χ1) is 16.5. The Bertz CT molecular complexity index is 955. The van der Waals surface area contributed by atoms with Gasteiger partial charge in [-0.3, -0.25) is 0 Å². The van der Waals surface area contributed by atoms with E-state index in [0.29, 0.717) is 31.3 Å². The Morgan fingerprint density at radius 2 is 1.94 bits per heavy atom. The van der Waals surface area contributed by atoms with Crippen LogP contribution in [0.5, 0.6) is 5.75 Å². The predicted octanol–water partition coefficient (Wildman–Crippen LogP) is 5.76. The second-order valence-electron chi connectivity index (χ2n) is 8.86. The molecule has 0 N–H and O–H groups in total. The van der Waals surface area contributed by atoms with Gasteiger partial charge in [0.25, 0.3) is 0 Å². The van der Waals surface area contributed by atoms with E-state index in [1.165, 1.54) is 0 Å². The van der Waals surface area contributed by atoms with Crippen molar-refractivity contribution in [2.75, 3.05) is 44.4 Å². The topological polar surface area (TPSA) is 60.9 Å². The summed E-state index contributed by atoms with van der Waals surface area (Å²) >= 11 is 0. The van der Waals surface area contributed by atoms with E-state index in [-0.39, 0.29) is 5.97 Å². The van der Waals surface area contributed by atoms with Gasteiger partial charge in [0.1, 0.15) is 18.2 Å². The SMILES string of the molecule is CCCCOCCOc1ccc(-c2cnc(N3CCC(C)C3)c(C=C(C)C(=O)OCC)c2)cc1. The van der Waals surface area contributed by atoms with Crippen LogP contribution in [0.1, 0.15) is 52.5 Å². The molecule has 6 nitrogen and oxygen atoms in total. The summed E-state index contributed by atoms with van der Waals surface area (Å²) in [7, 11) is 0. The van der Waals surface area contributed by atoms with Crippen molar-refractivity contribution in [3.8, 4) is 16.9 Å². The highest BCUT2D eigenvalue weighted by Gasteiger charge is 2.22. The Balaban J connectivity index is 1.76. The number of benzene rings is 1. The molecule has 1 aliphatic heterocycles. The van der Waals surface area contributed by atoms with Crippen LogP contribution in [-0.2, 0) is 14.3 Å². The summed E-state index contributed by atoms with van der Waals surface area (Å²) in [6.07, 6.45) is 7.16. The highest BCUT2D eigenvalue weighted by atomic mass is 16.5. The fourth-order valence-electron chi connectivity index (χ4n) is 3.98. The lowest BCUT2D eigenvalue weighted by Gasteiger charge is -2.20. The highest BCUT2D eigenvalue weighted by Crippen LogP contribution is 2.31. The maximum absolute atomic E-state index is 12.2. The van der Waals surface area contributed by atoms with E-state index in [2.05, 4.69) is 24.8 Å². The first kappa shape index (κ1) is 25.8. The van der Waals surface area contributed by atoms with Gasteiger partial charge < -0.3 is 19.1 Å². The largest absolute Gasteiger partial charge is 0.491 e. The first-order valence-electron chi connectivity index (χ1n) is 12.4. The Morgan fingerprint density at radius 3 is 2.62 bits per heavy atom. The first-order valence-corrected chi connectivity index (χ1v) is 12.4. The van der Waals surface area contributed by atoms with Gasteiger partial charge in [-0.25, -0.2) is 9.78 Å². The lowest BCUT2D eigenvalue weighted by Crippen LogP contribution is -2.21. The summed E-state index contributed by atoms with van der Waals surface area (Å²) in [5.41, 5.74) is 3.54. The van der Waals surface area contributed by atoms with Crippen LogP contribution in [0.15, 0.2) is 42.1 Å². The highest BCUT2D eigenvalue weighted by molar-refractivity contribution is 5.94. The minimum Gasteiger partial charge on any atom is -0.491 e. The molecule has 0 aliphatic carbocycles. The third-order valence-electron chi connectivity index (χ3n) is 5.91. The fraction of sp³-hybridized carbons (Fsp3) is 0.500. The zero-order chi connectivity index (χ0) is 24.3. The van der Waals surface area contributed by atoms with E-state index in [1.807, 2.05) is 43.5 Å². The molecule has 184 valence electrons. The molecule has 1 aliphatic rings. The number of esters is 1. The van der Waals surface area contributed by atoms with Crippen molar-refractivity contribution < 1.29 is 19.0 Å².